The van der Waals surface area contributed by atoms with Gasteiger partial charge in [-0.1, -0.05) is 6.07 Å². The third-order valence-electron chi connectivity index (χ3n) is 4.64. The number of ether oxygens (including phenoxy) is 1. The maximum atomic E-state index is 12.4. The van der Waals surface area contributed by atoms with Crippen LogP contribution in [-0.4, -0.2) is 48.2 Å². The zero-order valence-electron chi connectivity index (χ0n) is 13.7. The second-order valence-electron chi connectivity index (χ2n) is 6.38. The van der Waals surface area contributed by atoms with Crippen molar-refractivity contribution in [1.82, 2.24) is 10.2 Å². The minimum absolute atomic E-state index is 0.0302. The van der Waals surface area contributed by atoms with Gasteiger partial charge in [0.15, 0.2) is 6.61 Å². The van der Waals surface area contributed by atoms with Gasteiger partial charge in [-0.3, -0.25) is 4.79 Å². The Morgan fingerprint density at radius 1 is 1.46 bits per heavy atom. The van der Waals surface area contributed by atoms with Crippen molar-refractivity contribution in [3.8, 4) is 5.75 Å². The Balaban J connectivity index is 1.60. The van der Waals surface area contributed by atoms with Crippen molar-refractivity contribution in [2.24, 2.45) is 5.92 Å². The first-order chi connectivity index (χ1) is 11.6. The summed E-state index contributed by atoms with van der Waals surface area (Å²) in [6.07, 6.45) is 1.67. The number of fused-ring (bicyclic) bond motifs is 1. The van der Waals surface area contributed by atoms with Crippen LogP contribution in [0.4, 0.5) is 10.5 Å². The number of hydrogen-bond donors (Lipinski definition) is 3. The van der Waals surface area contributed by atoms with Gasteiger partial charge in [0.1, 0.15) is 5.75 Å². The number of hydrogen-bond acceptors (Lipinski definition) is 4. The van der Waals surface area contributed by atoms with E-state index in [0.29, 0.717) is 30.4 Å². The minimum atomic E-state index is -0.183. The molecule has 2 aliphatic rings. The highest BCUT2D eigenvalue weighted by Gasteiger charge is 2.24. The quantitative estimate of drug-likeness (QED) is 0.782. The molecule has 130 valence electrons. The van der Waals surface area contributed by atoms with E-state index >= 15 is 0 Å². The molecule has 24 heavy (non-hydrogen) atoms. The number of anilines is 1. The zero-order chi connectivity index (χ0) is 17.1. The van der Waals surface area contributed by atoms with E-state index in [1.807, 2.05) is 19.1 Å². The largest absolute Gasteiger partial charge is 0.482 e. The summed E-state index contributed by atoms with van der Waals surface area (Å²) in [5.41, 5.74) is 1.53. The topological polar surface area (TPSA) is 90.9 Å². The number of carbonyl (C=O) groups is 2. The summed E-state index contributed by atoms with van der Waals surface area (Å²) in [6.45, 7) is 3.46. The molecule has 1 atom stereocenters. The van der Waals surface area contributed by atoms with Crippen LogP contribution in [0.1, 0.15) is 31.4 Å². The van der Waals surface area contributed by atoms with E-state index in [1.54, 1.807) is 11.0 Å². The second-order valence-corrected chi connectivity index (χ2v) is 6.38. The van der Waals surface area contributed by atoms with E-state index in [-0.39, 0.29) is 31.2 Å². The Morgan fingerprint density at radius 3 is 2.92 bits per heavy atom. The van der Waals surface area contributed by atoms with Crippen LogP contribution in [0, 0.1) is 5.92 Å². The average molecular weight is 333 g/mol. The van der Waals surface area contributed by atoms with Crippen LogP contribution >= 0.6 is 0 Å². The molecule has 0 aromatic heterocycles. The number of likely N-dealkylation sites (tertiary alicyclic amines) is 1. The molecule has 2 aliphatic heterocycles. The van der Waals surface area contributed by atoms with Gasteiger partial charge in [0.2, 0.25) is 0 Å². The summed E-state index contributed by atoms with van der Waals surface area (Å²) < 4.78 is 5.34. The molecular weight excluding hydrogens is 310 g/mol. The van der Waals surface area contributed by atoms with Gasteiger partial charge in [-0.2, -0.15) is 0 Å². The molecule has 1 fully saturated rings. The Morgan fingerprint density at radius 2 is 2.21 bits per heavy atom. The number of benzene rings is 1. The molecule has 7 nitrogen and oxygen atoms in total. The predicted octanol–water partition coefficient (Wildman–Crippen LogP) is 1.49. The minimum Gasteiger partial charge on any atom is -0.482 e. The van der Waals surface area contributed by atoms with E-state index in [0.717, 1.165) is 18.4 Å². The number of urea groups is 1. The lowest BCUT2D eigenvalue weighted by Crippen LogP contribution is -2.45. The highest BCUT2D eigenvalue weighted by molar-refractivity contribution is 5.95. The number of piperidine rings is 1. The van der Waals surface area contributed by atoms with E-state index < -0.39 is 0 Å². The molecule has 3 amide bonds. The van der Waals surface area contributed by atoms with Crippen molar-refractivity contribution in [3.05, 3.63) is 23.8 Å². The molecule has 2 heterocycles. The van der Waals surface area contributed by atoms with Crippen LogP contribution in [0.15, 0.2) is 18.2 Å². The molecule has 3 rings (SSSR count). The van der Waals surface area contributed by atoms with Crippen molar-refractivity contribution in [2.75, 3.05) is 31.6 Å². The average Bonchev–Trinajstić information content (AvgIpc) is 2.61. The van der Waals surface area contributed by atoms with Gasteiger partial charge in [-0.15, -0.1) is 0 Å². The van der Waals surface area contributed by atoms with Gasteiger partial charge in [-0.25, -0.2) is 4.79 Å². The normalized spacial score (nSPS) is 19.1. The highest BCUT2D eigenvalue weighted by atomic mass is 16.5. The molecule has 0 aliphatic carbocycles. The zero-order valence-corrected chi connectivity index (χ0v) is 13.7. The van der Waals surface area contributed by atoms with Gasteiger partial charge < -0.3 is 25.4 Å². The van der Waals surface area contributed by atoms with E-state index in [9.17, 15) is 9.59 Å². The lowest BCUT2D eigenvalue weighted by molar-refractivity contribution is -0.118. The van der Waals surface area contributed by atoms with Crippen molar-refractivity contribution >= 4 is 17.6 Å². The molecule has 0 spiro atoms. The van der Waals surface area contributed by atoms with Gasteiger partial charge >= 0.3 is 6.03 Å². The number of rotatable bonds is 3. The smallest absolute Gasteiger partial charge is 0.317 e. The highest BCUT2D eigenvalue weighted by Crippen LogP contribution is 2.30. The SMILES string of the molecule is C[C@H](NC(=O)N1CCC(CO)CC1)c1ccc2c(c1)NC(=O)CO2. The van der Waals surface area contributed by atoms with Crippen LogP contribution in [0.3, 0.4) is 0 Å². The monoisotopic (exact) mass is 333 g/mol. The lowest BCUT2D eigenvalue weighted by atomic mass is 9.98. The maximum absolute atomic E-state index is 12.4. The molecule has 7 heteroatoms. The Labute approximate surface area is 141 Å². The Kier molecular flexibility index (Phi) is 4.89. The second kappa shape index (κ2) is 7.09. The molecule has 1 saturated heterocycles. The number of nitrogens with one attached hydrogen (secondary N) is 2. The van der Waals surface area contributed by atoms with E-state index in [1.165, 1.54) is 0 Å². The predicted molar refractivity (Wildman–Crippen MR) is 88.9 cm³/mol. The summed E-state index contributed by atoms with van der Waals surface area (Å²) >= 11 is 0. The van der Waals surface area contributed by atoms with E-state index in [2.05, 4.69) is 10.6 Å². The first kappa shape index (κ1) is 16.6. The fraction of sp³-hybridized carbons (Fsp3) is 0.529. The van der Waals surface area contributed by atoms with Crippen LogP contribution < -0.4 is 15.4 Å². The molecule has 1 aromatic rings. The van der Waals surface area contributed by atoms with Gasteiger partial charge in [0.25, 0.3) is 5.91 Å². The Hall–Kier alpha value is -2.28. The summed E-state index contributed by atoms with van der Waals surface area (Å²) in [4.78, 5) is 25.6. The molecule has 0 bridgehead atoms. The third-order valence-corrected chi connectivity index (χ3v) is 4.64. The van der Waals surface area contributed by atoms with Crippen LogP contribution in [0.2, 0.25) is 0 Å². The van der Waals surface area contributed by atoms with Crippen molar-refractivity contribution < 1.29 is 19.4 Å². The van der Waals surface area contributed by atoms with E-state index in [4.69, 9.17) is 9.84 Å². The first-order valence-electron chi connectivity index (χ1n) is 8.29. The summed E-state index contributed by atoms with van der Waals surface area (Å²) in [7, 11) is 0. The number of aliphatic hydroxyl groups is 1. The van der Waals surface area contributed by atoms with Crippen molar-refractivity contribution in [1.29, 1.82) is 0 Å². The van der Waals surface area contributed by atoms with Gasteiger partial charge in [-0.05, 0) is 43.4 Å². The number of aliphatic hydroxyl groups excluding tert-OH is 1. The number of nitrogens with zero attached hydrogens (tertiary/aromatic N) is 1. The first-order valence-corrected chi connectivity index (χ1v) is 8.29. The molecule has 0 saturated carbocycles. The number of carbonyl (C=O) groups excluding carboxylic acids is 2. The number of amides is 3. The summed E-state index contributed by atoms with van der Waals surface area (Å²) in [5, 5.41) is 14.9. The molecular formula is C17H23N3O4. The standard InChI is InChI=1S/C17H23N3O4/c1-11(18-17(23)20-6-4-12(9-21)5-7-20)13-2-3-15-14(8-13)19-16(22)10-24-15/h2-3,8,11-12,21H,4-7,9-10H2,1H3,(H,18,23)(H,19,22)/t11-/m0/s1. The molecule has 3 N–H and O–H groups in total. The Bertz CT molecular complexity index is 626. The maximum Gasteiger partial charge on any atom is 0.317 e. The fourth-order valence-electron chi connectivity index (χ4n) is 3.05. The lowest BCUT2D eigenvalue weighted by Gasteiger charge is -2.32. The third kappa shape index (κ3) is 3.62. The van der Waals surface area contributed by atoms with Crippen LogP contribution in [0.25, 0.3) is 0 Å². The van der Waals surface area contributed by atoms with Crippen molar-refractivity contribution in [3.63, 3.8) is 0 Å². The van der Waals surface area contributed by atoms with Crippen LogP contribution in [-0.2, 0) is 4.79 Å². The van der Waals surface area contributed by atoms with Gasteiger partial charge in [0, 0.05) is 19.7 Å². The fourth-order valence-corrected chi connectivity index (χ4v) is 3.05. The molecule has 1 aromatic carbocycles. The summed E-state index contributed by atoms with van der Waals surface area (Å²) in [6, 6.07) is 5.24. The van der Waals surface area contributed by atoms with Crippen molar-refractivity contribution in [2.45, 2.75) is 25.8 Å². The van der Waals surface area contributed by atoms with Crippen LogP contribution in [0.5, 0.6) is 5.75 Å². The molecule has 0 unspecified atom stereocenters. The van der Waals surface area contributed by atoms with Gasteiger partial charge in [0.05, 0.1) is 11.7 Å². The molecule has 0 radical (unpaired) electrons. The summed E-state index contributed by atoms with van der Waals surface area (Å²) in [5.74, 6) is 0.766.